The van der Waals surface area contributed by atoms with E-state index in [9.17, 15) is 9.59 Å². The SMILES string of the molecule is COc1ccc(C(=O)/C=C(\SC)Sc2ccc(C(C)=O)cc2)cc1. The number of allylic oxidation sites excluding steroid dienone is 1. The Hall–Kier alpha value is -1.98. The van der Waals surface area contributed by atoms with Crippen molar-refractivity contribution in [2.75, 3.05) is 13.4 Å². The summed E-state index contributed by atoms with van der Waals surface area (Å²) in [4.78, 5) is 24.7. The molecular formula is C19H18O3S2. The molecule has 5 heteroatoms. The van der Waals surface area contributed by atoms with E-state index in [0.717, 1.165) is 14.9 Å². The zero-order chi connectivity index (χ0) is 17.5. The van der Waals surface area contributed by atoms with E-state index in [4.69, 9.17) is 4.74 Å². The minimum absolute atomic E-state index is 0.0434. The summed E-state index contributed by atoms with van der Waals surface area (Å²) < 4.78 is 5.99. The molecule has 0 spiro atoms. The second-order valence-electron chi connectivity index (χ2n) is 4.94. The van der Waals surface area contributed by atoms with Crippen molar-refractivity contribution < 1.29 is 14.3 Å². The van der Waals surface area contributed by atoms with Gasteiger partial charge in [-0.2, -0.15) is 0 Å². The quantitative estimate of drug-likeness (QED) is 0.392. The first kappa shape index (κ1) is 18.4. The van der Waals surface area contributed by atoms with Gasteiger partial charge in [-0.1, -0.05) is 23.9 Å². The molecular weight excluding hydrogens is 340 g/mol. The van der Waals surface area contributed by atoms with Crippen molar-refractivity contribution in [3.8, 4) is 5.75 Å². The summed E-state index contributed by atoms with van der Waals surface area (Å²) in [5.41, 5.74) is 1.30. The van der Waals surface area contributed by atoms with Crippen LogP contribution in [0.25, 0.3) is 0 Å². The van der Waals surface area contributed by atoms with Gasteiger partial charge in [0.1, 0.15) is 5.75 Å². The fourth-order valence-corrected chi connectivity index (χ4v) is 3.47. The first-order valence-electron chi connectivity index (χ1n) is 7.26. The number of hydrogen-bond acceptors (Lipinski definition) is 5. The third-order valence-electron chi connectivity index (χ3n) is 3.30. The highest BCUT2D eigenvalue weighted by Gasteiger charge is 2.07. The van der Waals surface area contributed by atoms with Gasteiger partial charge < -0.3 is 4.74 Å². The highest BCUT2D eigenvalue weighted by atomic mass is 32.2. The minimum Gasteiger partial charge on any atom is -0.497 e. The largest absolute Gasteiger partial charge is 0.497 e. The van der Waals surface area contributed by atoms with E-state index in [1.54, 1.807) is 56.5 Å². The zero-order valence-electron chi connectivity index (χ0n) is 13.7. The number of carbonyl (C=O) groups excluding carboxylic acids is 2. The fraction of sp³-hybridized carbons (Fsp3) is 0.158. The van der Waals surface area contributed by atoms with Crippen LogP contribution in [0.2, 0.25) is 0 Å². The summed E-state index contributed by atoms with van der Waals surface area (Å²) in [7, 11) is 1.59. The van der Waals surface area contributed by atoms with Crippen LogP contribution in [-0.4, -0.2) is 24.9 Å². The Morgan fingerprint density at radius 3 is 2.04 bits per heavy atom. The van der Waals surface area contributed by atoms with E-state index in [1.807, 2.05) is 18.4 Å². The van der Waals surface area contributed by atoms with Crippen LogP contribution >= 0.6 is 23.5 Å². The van der Waals surface area contributed by atoms with Crippen LogP contribution < -0.4 is 4.74 Å². The van der Waals surface area contributed by atoms with E-state index in [-0.39, 0.29) is 11.6 Å². The lowest BCUT2D eigenvalue weighted by Gasteiger charge is -2.05. The molecule has 0 aromatic heterocycles. The Kier molecular flexibility index (Phi) is 6.70. The first-order valence-corrected chi connectivity index (χ1v) is 9.30. The maximum absolute atomic E-state index is 12.4. The smallest absolute Gasteiger partial charge is 0.187 e. The summed E-state index contributed by atoms with van der Waals surface area (Å²) in [6, 6.07) is 14.4. The first-order chi connectivity index (χ1) is 11.5. The predicted octanol–water partition coefficient (Wildman–Crippen LogP) is 5.08. The van der Waals surface area contributed by atoms with Gasteiger partial charge in [0.15, 0.2) is 11.6 Å². The van der Waals surface area contributed by atoms with Crippen LogP contribution in [-0.2, 0) is 0 Å². The van der Waals surface area contributed by atoms with Crippen molar-refractivity contribution in [2.45, 2.75) is 11.8 Å². The fourth-order valence-electron chi connectivity index (χ4n) is 1.95. The highest BCUT2D eigenvalue weighted by molar-refractivity contribution is 8.22. The van der Waals surface area contributed by atoms with Crippen molar-refractivity contribution >= 4 is 35.1 Å². The molecule has 2 aromatic carbocycles. The molecule has 0 aliphatic heterocycles. The van der Waals surface area contributed by atoms with Gasteiger partial charge in [0.05, 0.1) is 7.11 Å². The number of hydrogen-bond donors (Lipinski definition) is 0. The molecule has 2 rings (SSSR count). The second kappa shape index (κ2) is 8.76. The molecule has 0 unspecified atom stereocenters. The Bertz CT molecular complexity index is 747. The molecule has 0 saturated carbocycles. The third kappa shape index (κ3) is 5.01. The third-order valence-corrected chi connectivity index (χ3v) is 5.40. The van der Waals surface area contributed by atoms with Crippen LogP contribution in [0.4, 0.5) is 0 Å². The summed E-state index contributed by atoms with van der Waals surface area (Å²) in [5, 5.41) is 0. The number of methoxy groups -OCH3 is 1. The van der Waals surface area contributed by atoms with Crippen molar-refractivity contribution in [1.29, 1.82) is 0 Å². The predicted molar refractivity (Wildman–Crippen MR) is 101 cm³/mol. The molecule has 0 radical (unpaired) electrons. The number of carbonyl (C=O) groups is 2. The van der Waals surface area contributed by atoms with Crippen molar-refractivity contribution in [3.05, 3.63) is 70.0 Å². The van der Waals surface area contributed by atoms with Crippen molar-refractivity contribution in [1.82, 2.24) is 0 Å². The van der Waals surface area contributed by atoms with Crippen molar-refractivity contribution in [3.63, 3.8) is 0 Å². The summed E-state index contributed by atoms with van der Waals surface area (Å²) in [6.45, 7) is 1.54. The number of ketones is 2. The molecule has 24 heavy (non-hydrogen) atoms. The van der Waals surface area contributed by atoms with Gasteiger partial charge in [0.25, 0.3) is 0 Å². The van der Waals surface area contributed by atoms with Crippen LogP contribution in [0.15, 0.2) is 63.7 Å². The van der Waals surface area contributed by atoms with Gasteiger partial charge in [0.2, 0.25) is 0 Å². The summed E-state index contributed by atoms with van der Waals surface area (Å²) in [5.74, 6) is 0.720. The Morgan fingerprint density at radius 1 is 0.958 bits per heavy atom. The zero-order valence-corrected chi connectivity index (χ0v) is 15.4. The molecule has 0 N–H and O–H groups in total. The normalized spacial score (nSPS) is 11.2. The van der Waals surface area contributed by atoms with E-state index in [1.165, 1.54) is 23.5 Å². The Morgan fingerprint density at radius 2 is 1.54 bits per heavy atom. The van der Waals surface area contributed by atoms with Gasteiger partial charge in [0, 0.05) is 26.3 Å². The van der Waals surface area contributed by atoms with Gasteiger partial charge in [-0.3, -0.25) is 9.59 Å². The lowest BCUT2D eigenvalue weighted by Crippen LogP contribution is -1.95. The number of Topliss-reactive ketones (excluding diaryl/α,β-unsaturated/α-hetero) is 1. The van der Waals surface area contributed by atoms with E-state index < -0.39 is 0 Å². The minimum atomic E-state index is -0.0464. The second-order valence-corrected chi connectivity index (χ2v) is 7.16. The molecule has 3 nitrogen and oxygen atoms in total. The summed E-state index contributed by atoms with van der Waals surface area (Å²) in [6.07, 6.45) is 3.57. The van der Waals surface area contributed by atoms with Crippen molar-refractivity contribution in [2.24, 2.45) is 0 Å². The van der Waals surface area contributed by atoms with E-state index >= 15 is 0 Å². The lowest BCUT2D eigenvalue weighted by molar-refractivity contribution is 0.101. The molecule has 2 aromatic rings. The maximum Gasteiger partial charge on any atom is 0.187 e. The van der Waals surface area contributed by atoms with Crippen LogP contribution in [0.1, 0.15) is 27.6 Å². The van der Waals surface area contributed by atoms with E-state index in [0.29, 0.717) is 11.1 Å². The van der Waals surface area contributed by atoms with Gasteiger partial charge in [-0.05, 0) is 49.6 Å². The lowest BCUT2D eigenvalue weighted by atomic mass is 10.1. The molecule has 0 atom stereocenters. The van der Waals surface area contributed by atoms with Crippen LogP contribution in [0, 0.1) is 0 Å². The highest BCUT2D eigenvalue weighted by Crippen LogP contribution is 2.34. The monoisotopic (exact) mass is 358 g/mol. The molecule has 0 heterocycles. The average Bonchev–Trinajstić information content (AvgIpc) is 2.61. The molecule has 0 aliphatic carbocycles. The molecule has 0 saturated heterocycles. The Labute approximate surface area is 150 Å². The number of rotatable bonds is 7. The van der Waals surface area contributed by atoms with Gasteiger partial charge >= 0.3 is 0 Å². The molecule has 0 bridgehead atoms. The number of ether oxygens (including phenoxy) is 1. The molecule has 0 fully saturated rings. The maximum atomic E-state index is 12.4. The van der Waals surface area contributed by atoms with Crippen LogP contribution in [0.5, 0.6) is 5.75 Å². The molecule has 124 valence electrons. The topological polar surface area (TPSA) is 43.4 Å². The average molecular weight is 358 g/mol. The number of thioether (sulfide) groups is 2. The van der Waals surface area contributed by atoms with Gasteiger partial charge in [-0.25, -0.2) is 0 Å². The van der Waals surface area contributed by atoms with E-state index in [2.05, 4.69) is 0 Å². The molecule has 0 amide bonds. The molecule has 0 aliphatic rings. The standard InChI is InChI=1S/C19H18O3S2/c1-13(20)14-6-10-17(11-7-14)24-19(23-3)12-18(21)15-4-8-16(22-2)9-5-15/h4-12H,1-3H3/b19-12+. The Balaban J connectivity index is 2.12. The van der Waals surface area contributed by atoms with Gasteiger partial charge in [-0.15, -0.1) is 11.8 Å². The van der Waals surface area contributed by atoms with Crippen LogP contribution in [0.3, 0.4) is 0 Å². The number of benzene rings is 2. The summed E-state index contributed by atoms with van der Waals surface area (Å²) >= 11 is 3.02.